The van der Waals surface area contributed by atoms with Crippen LogP contribution in [0.1, 0.15) is 0 Å². The molecule has 0 aliphatic carbocycles. The van der Waals surface area contributed by atoms with Gasteiger partial charge >= 0.3 is 0 Å². The lowest BCUT2D eigenvalue weighted by Gasteiger charge is -2.06. The first-order valence-electron chi connectivity index (χ1n) is 8.75. The Morgan fingerprint density at radius 2 is 1.39 bits per heavy atom. The first-order valence-corrected chi connectivity index (χ1v) is 9.73. The van der Waals surface area contributed by atoms with Gasteiger partial charge in [-0.2, -0.15) is 0 Å². The second-order valence-electron chi connectivity index (χ2n) is 6.02. The molecule has 0 aliphatic rings. The third kappa shape index (κ3) is 4.47. The van der Waals surface area contributed by atoms with Crippen molar-refractivity contribution in [3.63, 3.8) is 0 Å². The van der Waals surface area contributed by atoms with Crippen LogP contribution in [0.5, 0.6) is 0 Å². The normalized spacial score (nSPS) is 10.6. The molecule has 0 radical (unpaired) electrons. The molecular formula is C22H17N3O2S. The van der Waals surface area contributed by atoms with Crippen molar-refractivity contribution >= 4 is 23.4 Å². The second-order valence-corrected chi connectivity index (χ2v) is 6.95. The zero-order chi connectivity index (χ0) is 19.2. The van der Waals surface area contributed by atoms with Crippen molar-refractivity contribution in [3.8, 4) is 22.6 Å². The molecule has 1 N–H and O–H groups in total. The van der Waals surface area contributed by atoms with Crippen molar-refractivity contribution in [3.05, 3.63) is 84.9 Å². The molecule has 6 heteroatoms. The summed E-state index contributed by atoms with van der Waals surface area (Å²) >= 11 is 1.21. The van der Waals surface area contributed by atoms with Crippen molar-refractivity contribution < 1.29 is 9.21 Å². The van der Waals surface area contributed by atoms with E-state index in [4.69, 9.17) is 4.42 Å². The number of aromatic nitrogens is 2. The lowest BCUT2D eigenvalue weighted by Crippen LogP contribution is -2.13. The largest absolute Gasteiger partial charge is 0.411 e. The Balaban J connectivity index is 1.32. The predicted molar refractivity (Wildman–Crippen MR) is 111 cm³/mol. The van der Waals surface area contributed by atoms with Gasteiger partial charge in [-0.25, -0.2) is 0 Å². The summed E-state index contributed by atoms with van der Waals surface area (Å²) < 4.78 is 5.60. The van der Waals surface area contributed by atoms with Crippen molar-refractivity contribution in [2.75, 3.05) is 11.1 Å². The minimum absolute atomic E-state index is 0.128. The van der Waals surface area contributed by atoms with E-state index in [-0.39, 0.29) is 11.7 Å². The summed E-state index contributed by atoms with van der Waals surface area (Å²) in [6, 6.07) is 27.4. The van der Waals surface area contributed by atoms with Gasteiger partial charge in [0.25, 0.3) is 5.22 Å². The van der Waals surface area contributed by atoms with Crippen LogP contribution in [0, 0.1) is 0 Å². The van der Waals surface area contributed by atoms with Gasteiger partial charge in [0.2, 0.25) is 11.8 Å². The Bertz CT molecular complexity index is 1050. The first kappa shape index (κ1) is 18.0. The van der Waals surface area contributed by atoms with Crippen LogP contribution in [0.15, 0.2) is 94.6 Å². The summed E-state index contributed by atoms with van der Waals surface area (Å²) in [5, 5.41) is 11.2. The zero-order valence-corrected chi connectivity index (χ0v) is 15.7. The van der Waals surface area contributed by atoms with Gasteiger partial charge in [0.05, 0.1) is 5.75 Å². The monoisotopic (exact) mass is 387 g/mol. The van der Waals surface area contributed by atoms with Crippen LogP contribution in [-0.2, 0) is 4.79 Å². The molecule has 0 fully saturated rings. The second kappa shape index (κ2) is 8.54. The number of nitrogens with one attached hydrogen (secondary N) is 1. The van der Waals surface area contributed by atoms with Gasteiger partial charge in [-0.15, -0.1) is 10.2 Å². The van der Waals surface area contributed by atoms with E-state index in [1.165, 1.54) is 11.8 Å². The molecule has 5 nitrogen and oxygen atoms in total. The minimum Gasteiger partial charge on any atom is -0.411 e. The van der Waals surface area contributed by atoms with Crippen LogP contribution in [0.2, 0.25) is 0 Å². The molecule has 0 bridgehead atoms. The number of amides is 1. The number of hydrogen-bond donors (Lipinski definition) is 1. The maximum atomic E-state index is 12.2. The van der Waals surface area contributed by atoms with Gasteiger partial charge in [-0.05, 0) is 35.4 Å². The predicted octanol–water partition coefficient (Wildman–Crippen LogP) is 5.13. The molecule has 3 aromatic carbocycles. The van der Waals surface area contributed by atoms with Crippen molar-refractivity contribution in [2.24, 2.45) is 0 Å². The third-order valence-electron chi connectivity index (χ3n) is 4.03. The van der Waals surface area contributed by atoms with E-state index in [0.29, 0.717) is 11.1 Å². The third-order valence-corrected chi connectivity index (χ3v) is 4.85. The van der Waals surface area contributed by atoms with Crippen molar-refractivity contribution in [2.45, 2.75) is 5.22 Å². The maximum absolute atomic E-state index is 12.2. The SMILES string of the molecule is O=C(CSc1nnc(-c2ccccc2)o1)Nc1ccc(-c2ccccc2)cc1. The molecule has 4 aromatic rings. The van der Waals surface area contributed by atoms with Gasteiger partial charge in [-0.1, -0.05) is 72.4 Å². The van der Waals surface area contributed by atoms with Crippen LogP contribution in [0.3, 0.4) is 0 Å². The Hall–Kier alpha value is -3.38. The fourth-order valence-electron chi connectivity index (χ4n) is 2.67. The van der Waals surface area contributed by atoms with Crippen molar-refractivity contribution in [1.82, 2.24) is 10.2 Å². The molecule has 28 heavy (non-hydrogen) atoms. The van der Waals surface area contributed by atoms with E-state index in [1.807, 2.05) is 72.8 Å². The molecule has 0 spiro atoms. The highest BCUT2D eigenvalue weighted by Gasteiger charge is 2.11. The Kier molecular flexibility index (Phi) is 5.49. The van der Waals surface area contributed by atoms with E-state index >= 15 is 0 Å². The highest BCUT2D eigenvalue weighted by atomic mass is 32.2. The number of anilines is 1. The van der Waals surface area contributed by atoms with E-state index in [9.17, 15) is 4.79 Å². The van der Waals surface area contributed by atoms with E-state index in [0.717, 1.165) is 22.4 Å². The van der Waals surface area contributed by atoms with Gasteiger partial charge in [0, 0.05) is 11.3 Å². The molecule has 1 aromatic heterocycles. The number of benzene rings is 3. The average Bonchev–Trinajstić information content (AvgIpc) is 3.23. The Morgan fingerprint density at radius 3 is 2.07 bits per heavy atom. The molecule has 0 aliphatic heterocycles. The maximum Gasteiger partial charge on any atom is 0.277 e. The van der Waals surface area contributed by atoms with E-state index < -0.39 is 0 Å². The van der Waals surface area contributed by atoms with Crippen LogP contribution < -0.4 is 5.32 Å². The smallest absolute Gasteiger partial charge is 0.277 e. The van der Waals surface area contributed by atoms with E-state index in [2.05, 4.69) is 27.6 Å². The van der Waals surface area contributed by atoms with Crippen LogP contribution in [-0.4, -0.2) is 21.9 Å². The Labute approximate surface area is 166 Å². The first-order chi connectivity index (χ1) is 13.8. The van der Waals surface area contributed by atoms with Crippen molar-refractivity contribution in [1.29, 1.82) is 0 Å². The highest BCUT2D eigenvalue weighted by Crippen LogP contribution is 2.24. The number of carbonyl (C=O) groups excluding carboxylic acids is 1. The molecule has 138 valence electrons. The average molecular weight is 387 g/mol. The molecule has 0 saturated heterocycles. The zero-order valence-electron chi connectivity index (χ0n) is 14.9. The van der Waals surface area contributed by atoms with Crippen LogP contribution in [0.4, 0.5) is 5.69 Å². The fraction of sp³-hybridized carbons (Fsp3) is 0.0455. The number of carbonyl (C=O) groups is 1. The lowest BCUT2D eigenvalue weighted by molar-refractivity contribution is -0.113. The molecule has 1 amide bonds. The topological polar surface area (TPSA) is 68.0 Å². The Morgan fingerprint density at radius 1 is 0.786 bits per heavy atom. The number of thioether (sulfide) groups is 1. The summed E-state index contributed by atoms with van der Waals surface area (Å²) in [6.45, 7) is 0. The van der Waals surface area contributed by atoms with Gasteiger partial charge < -0.3 is 9.73 Å². The van der Waals surface area contributed by atoms with Crippen LogP contribution >= 0.6 is 11.8 Å². The lowest BCUT2D eigenvalue weighted by atomic mass is 10.1. The summed E-state index contributed by atoms with van der Waals surface area (Å²) in [7, 11) is 0. The quantitative estimate of drug-likeness (QED) is 0.464. The standard InChI is InChI=1S/C22H17N3O2S/c26-20(15-28-22-25-24-21(27-22)18-9-5-2-6-10-18)23-19-13-11-17(12-14-19)16-7-3-1-4-8-16/h1-14H,15H2,(H,23,26). The van der Waals surface area contributed by atoms with Crippen LogP contribution in [0.25, 0.3) is 22.6 Å². The molecule has 0 unspecified atom stereocenters. The fourth-order valence-corrected chi connectivity index (χ4v) is 3.23. The van der Waals surface area contributed by atoms with Gasteiger partial charge in [0.15, 0.2) is 0 Å². The summed E-state index contributed by atoms with van der Waals surface area (Å²) in [5.74, 6) is 0.508. The van der Waals surface area contributed by atoms with Gasteiger partial charge in [0.1, 0.15) is 0 Å². The summed E-state index contributed by atoms with van der Waals surface area (Å²) in [6.07, 6.45) is 0. The number of rotatable bonds is 6. The minimum atomic E-state index is -0.128. The summed E-state index contributed by atoms with van der Waals surface area (Å²) in [5.41, 5.74) is 3.85. The molecule has 4 rings (SSSR count). The molecular weight excluding hydrogens is 370 g/mol. The summed E-state index contributed by atoms with van der Waals surface area (Å²) in [4.78, 5) is 12.2. The number of nitrogens with zero attached hydrogens (tertiary/aromatic N) is 2. The molecule has 0 atom stereocenters. The molecule has 0 saturated carbocycles. The molecule has 1 heterocycles. The van der Waals surface area contributed by atoms with E-state index in [1.54, 1.807) is 0 Å². The highest BCUT2D eigenvalue weighted by molar-refractivity contribution is 7.99. The number of hydrogen-bond acceptors (Lipinski definition) is 5. The van der Waals surface area contributed by atoms with Gasteiger partial charge in [-0.3, -0.25) is 4.79 Å².